The Morgan fingerprint density at radius 3 is 3.06 bits per heavy atom. The van der Waals surface area contributed by atoms with E-state index in [1.54, 1.807) is 6.20 Å². The molecule has 3 nitrogen and oxygen atoms in total. The molecule has 0 unspecified atom stereocenters. The Hall–Kier alpha value is -1.87. The molecule has 0 aliphatic carbocycles. The van der Waals surface area contributed by atoms with Crippen molar-refractivity contribution in [3.8, 4) is 11.5 Å². The molecule has 0 saturated carbocycles. The molecule has 1 aromatic heterocycles. The Kier molecular flexibility index (Phi) is 2.76. The van der Waals surface area contributed by atoms with Crippen LogP contribution in [0.4, 0.5) is 0 Å². The number of hydrogen-bond donors (Lipinski definition) is 1. The summed E-state index contributed by atoms with van der Waals surface area (Å²) in [6.45, 7) is 2.68. The summed E-state index contributed by atoms with van der Waals surface area (Å²) in [5.74, 6) is 1.98. The van der Waals surface area contributed by atoms with Gasteiger partial charge in [0.1, 0.15) is 11.5 Å². The van der Waals surface area contributed by atoms with Crippen molar-refractivity contribution in [3.63, 3.8) is 0 Å². The summed E-state index contributed by atoms with van der Waals surface area (Å²) in [5.41, 5.74) is 9.31. The standard InChI is InChI=1S/C15H16N2O/c1-10-4-5-13-11(7-10)8-12(9-16)15-14(18-13)3-2-6-17-15/h2-7,12H,8-9,16H2,1H3/t12-/m0/s1. The summed E-state index contributed by atoms with van der Waals surface area (Å²) in [5, 5.41) is 0. The lowest BCUT2D eigenvalue weighted by molar-refractivity contribution is 0.474. The molecule has 0 spiro atoms. The van der Waals surface area contributed by atoms with Crippen LogP contribution in [-0.2, 0) is 6.42 Å². The van der Waals surface area contributed by atoms with Crippen LogP contribution in [-0.4, -0.2) is 11.5 Å². The number of benzene rings is 1. The second kappa shape index (κ2) is 4.42. The van der Waals surface area contributed by atoms with Gasteiger partial charge in [-0.3, -0.25) is 4.98 Å². The first kappa shape index (κ1) is 11.2. The first-order chi connectivity index (χ1) is 8.78. The summed E-state index contributed by atoms with van der Waals surface area (Å²) in [7, 11) is 0. The summed E-state index contributed by atoms with van der Waals surface area (Å²) in [6, 6.07) is 10.1. The fourth-order valence-electron chi connectivity index (χ4n) is 2.44. The number of fused-ring (bicyclic) bond motifs is 2. The largest absolute Gasteiger partial charge is 0.455 e. The van der Waals surface area contributed by atoms with Gasteiger partial charge in [0.2, 0.25) is 0 Å². The van der Waals surface area contributed by atoms with Crippen molar-refractivity contribution in [3.05, 3.63) is 53.3 Å². The van der Waals surface area contributed by atoms with Gasteiger partial charge in [-0.1, -0.05) is 17.7 Å². The summed E-state index contributed by atoms with van der Waals surface area (Å²) in [6.07, 6.45) is 2.68. The highest BCUT2D eigenvalue weighted by atomic mass is 16.5. The highest BCUT2D eigenvalue weighted by Crippen LogP contribution is 2.37. The lowest BCUT2D eigenvalue weighted by Gasteiger charge is -2.12. The van der Waals surface area contributed by atoms with E-state index < -0.39 is 0 Å². The third-order valence-corrected chi connectivity index (χ3v) is 3.37. The van der Waals surface area contributed by atoms with Crippen molar-refractivity contribution in [2.24, 2.45) is 5.73 Å². The zero-order valence-corrected chi connectivity index (χ0v) is 10.4. The molecule has 3 rings (SSSR count). The fourth-order valence-corrected chi connectivity index (χ4v) is 2.44. The van der Waals surface area contributed by atoms with Crippen LogP contribution in [0.5, 0.6) is 11.5 Å². The summed E-state index contributed by atoms with van der Waals surface area (Å²) >= 11 is 0. The minimum Gasteiger partial charge on any atom is -0.455 e. The smallest absolute Gasteiger partial charge is 0.149 e. The maximum Gasteiger partial charge on any atom is 0.149 e. The molecule has 3 heteroatoms. The average Bonchev–Trinajstić information content (AvgIpc) is 2.54. The quantitative estimate of drug-likeness (QED) is 0.833. The lowest BCUT2D eigenvalue weighted by atomic mass is 9.95. The highest BCUT2D eigenvalue weighted by molar-refractivity contribution is 5.45. The zero-order valence-electron chi connectivity index (χ0n) is 10.4. The topological polar surface area (TPSA) is 48.1 Å². The van der Waals surface area contributed by atoms with E-state index in [0.29, 0.717) is 6.54 Å². The van der Waals surface area contributed by atoms with Gasteiger partial charge in [0.05, 0.1) is 5.69 Å². The van der Waals surface area contributed by atoms with Gasteiger partial charge in [-0.05, 0) is 37.1 Å². The van der Waals surface area contributed by atoms with Crippen molar-refractivity contribution in [1.82, 2.24) is 4.98 Å². The SMILES string of the molecule is Cc1ccc2c(c1)C[C@@H](CN)c1ncccc1O2. The molecule has 1 atom stereocenters. The summed E-state index contributed by atoms with van der Waals surface area (Å²) in [4.78, 5) is 4.43. The first-order valence-corrected chi connectivity index (χ1v) is 6.20. The van der Waals surface area contributed by atoms with E-state index >= 15 is 0 Å². The predicted molar refractivity (Wildman–Crippen MR) is 71.0 cm³/mol. The number of pyridine rings is 1. The van der Waals surface area contributed by atoms with Gasteiger partial charge in [-0.2, -0.15) is 0 Å². The van der Waals surface area contributed by atoms with E-state index in [9.17, 15) is 0 Å². The van der Waals surface area contributed by atoms with Crippen molar-refractivity contribution in [2.75, 3.05) is 6.54 Å². The number of aryl methyl sites for hydroxylation is 1. The Balaban J connectivity index is 2.13. The predicted octanol–water partition coefficient (Wildman–Crippen LogP) is 2.78. The minimum absolute atomic E-state index is 0.226. The van der Waals surface area contributed by atoms with E-state index in [1.165, 1.54) is 11.1 Å². The maximum absolute atomic E-state index is 5.97. The second-order valence-electron chi connectivity index (χ2n) is 4.74. The van der Waals surface area contributed by atoms with Crippen LogP contribution in [0.1, 0.15) is 22.7 Å². The summed E-state index contributed by atoms with van der Waals surface area (Å²) < 4.78 is 5.97. The Labute approximate surface area is 107 Å². The normalized spacial score (nSPS) is 17.3. The zero-order chi connectivity index (χ0) is 12.5. The second-order valence-corrected chi connectivity index (χ2v) is 4.74. The van der Waals surface area contributed by atoms with Crippen LogP contribution in [0, 0.1) is 6.92 Å². The molecule has 1 aromatic carbocycles. The van der Waals surface area contributed by atoms with Crippen molar-refractivity contribution in [2.45, 2.75) is 19.3 Å². The molecule has 0 amide bonds. The molecule has 0 saturated heterocycles. The molecular weight excluding hydrogens is 224 g/mol. The van der Waals surface area contributed by atoms with E-state index in [-0.39, 0.29) is 5.92 Å². The number of rotatable bonds is 1. The molecule has 1 aliphatic heterocycles. The van der Waals surface area contributed by atoms with Gasteiger partial charge >= 0.3 is 0 Å². The number of nitrogens with zero attached hydrogens (tertiary/aromatic N) is 1. The molecule has 1 aliphatic rings. The fraction of sp³-hybridized carbons (Fsp3) is 0.267. The Morgan fingerprint density at radius 1 is 1.33 bits per heavy atom. The van der Waals surface area contributed by atoms with E-state index in [0.717, 1.165) is 23.6 Å². The molecule has 2 N–H and O–H groups in total. The molecule has 0 radical (unpaired) electrons. The Bertz CT molecular complexity index is 580. The minimum atomic E-state index is 0.226. The van der Waals surface area contributed by atoms with Crippen LogP contribution in [0.3, 0.4) is 0 Å². The number of hydrogen-bond acceptors (Lipinski definition) is 3. The highest BCUT2D eigenvalue weighted by Gasteiger charge is 2.23. The number of aromatic nitrogens is 1. The molecule has 2 heterocycles. The average molecular weight is 240 g/mol. The third-order valence-electron chi connectivity index (χ3n) is 3.37. The van der Waals surface area contributed by atoms with Crippen molar-refractivity contribution >= 4 is 0 Å². The lowest BCUT2D eigenvalue weighted by Crippen LogP contribution is -2.15. The van der Waals surface area contributed by atoms with Crippen LogP contribution in [0.15, 0.2) is 36.5 Å². The third kappa shape index (κ3) is 1.87. The van der Waals surface area contributed by atoms with E-state index in [2.05, 4.69) is 24.0 Å². The first-order valence-electron chi connectivity index (χ1n) is 6.20. The van der Waals surface area contributed by atoms with Crippen molar-refractivity contribution < 1.29 is 4.74 Å². The van der Waals surface area contributed by atoms with Gasteiger partial charge in [-0.15, -0.1) is 0 Å². The molecule has 92 valence electrons. The van der Waals surface area contributed by atoms with Gasteiger partial charge in [-0.25, -0.2) is 0 Å². The van der Waals surface area contributed by atoms with E-state index in [4.69, 9.17) is 10.5 Å². The van der Waals surface area contributed by atoms with Crippen LogP contribution >= 0.6 is 0 Å². The van der Waals surface area contributed by atoms with Gasteiger partial charge in [0.25, 0.3) is 0 Å². The van der Waals surface area contributed by atoms with Crippen molar-refractivity contribution in [1.29, 1.82) is 0 Å². The monoisotopic (exact) mass is 240 g/mol. The van der Waals surface area contributed by atoms with Crippen LogP contribution in [0.25, 0.3) is 0 Å². The van der Waals surface area contributed by atoms with E-state index in [1.807, 2.05) is 18.2 Å². The Morgan fingerprint density at radius 2 is 2.22 bits per heavy atom. The number of nitrogens with two attached hydrogens (primary N) is 1. The van der Waals surface area contributed by atoms with Crippen LogP contribution in [0.2, 0.25) is 0 Å². The molecule has 0 bridgehead atoms. The molecule has 0 fully saturated rings. The van der Waals surface area contributed by atoms with Gasteiger partial charge in [0, 0.05) is 18.7 Å². The maximum atomic E-state index is 5.97. The van der Waals surface area contributed by atoms with Gasteiger partial charge in [0.15, 0.2) is 0 Å². The van der Waals surface area contributed by atoms with Crippen LogP contribution < -0.4 is 10.5 Å². The molecular formula is C15H16N2O. The van der Waals surface area contributed by atoms with Gasteiger partial charge < -0.3 is 10.5 Å². The molecule has 18 heavy (non-hydrogen) atoms. The number of ether oxygens (including phenoxy) is 1. The molecule has 2 aromatic rings.